The summed E-state index contributed by atoms with van der Waals surface area (Å²) in [4.78, 5) is 4.80. The van der Waals surface area contributed by atoms with Gasteiger partial charge in [0.2, 0.25) is 0 Å². The zero-order valence-electron chi connectivity index (χ0n) is 12.2. The van der Waals surface area contributed by atoms with E-state index < -0.39 is 0 Å². The molecule has 0 spiro atoms. The van der Waals surface area contributed by atoms with Crippen molar-refractivity contribution in [2.24, 2.45) is 5.73 Å². The van der Waals surface area contributed by atoms with Gasteiger partial charge in [0.25, 0.3) is 0 Å². The highest BCUT2D eigenvalue weighted by molar-refractivity contribution is 5.81. The van der Waals surface area contributed by atoms with Crippen LogP contribution in [0.1, 0.15) is 11.1 Å². The third kappa shape index (κ3) is 2.48. The van der Waals surface area contributed by atoms with E-state index in [4.69, 9.17) is 10.7 Å². The fraction of sp³-hybridized carbons (Fsp3) is 0.167. The van der Waals surface area contributed by atoms with Gasteiger partial charge in [-0.25, -0.2) is 4.98 Å². The van der Waals surface area contributed by atoms with E-state index in [0.29, 0.717) is 6.54 Å². The number of benzene rings is 2. The Hall–Kier alpha value is -2.39. The predicted octanol–water partition coefficient (Wildman–Crippen LogP) is 3.66. The van der Waals surface area contributed by atoms with Gasteiger partial charge in [0.1, 0.15) is 5.82 Å². The van der Waals surface area contributed by atoms with Crippen LogP contribution in [0.15, 0.2) is 55.1 Å². The lowest BCUT2D eigenvalue weighted by Gasteiger charge is -2.07. The minimum atomic E-state index is 0.558. The number of allylic oxidation sites excluding steroid dienone is 1. The second-order valence-corrected chi connectivity index (χ2v) is 5.23. The van der Waals surface area contributed by atoms with Gasteiger partial charge in [0, 0.05) is 18.7 Å². The Kier molecular flexibility index (Phi) is 3.59. The van der Waals surface area contributed by atoms with Crippen LogP contribution in [-0.2, 0) is 13.1 Å². The Morgan fingerprint density at radius 1 is 1.19 bits per heavy atom. The largest absolute Gasteiger partial charge is 0.326 e. The van der Waals surface area contributed by atoms with Gasteiger partial charge >= 0.3 is 0 Å². The van der Waals surface area contributed by atoms with Crippen molar-refractivity contribution in [3.8, 4) is 11.4 Å². The summed E-state index contributed by atoms with van der Waals surface area (Å²) in [5.41, 5.74) is 11.3. The van der Waals surface area contributed by atoms with E-state index in [1.807, 2.05) is 6.08 Å². The van der Waals surface area contributed by atoms with Crippen LogP contribution in [0.2, 0.25) is 0 Å². The molecule has 0 radical (unpaired) electrons. The normalized spacial score (nSPS) is 11.0. The Labute approximate surface area is 124 Å². The molecule has 2 N–H and O–H groups in total. The van der Waals surface area contributed by atoms with Gasteiger partial charge in [-0.05, 0) is 30.2 Å². The molecule has 3 aromatic rings. The van der Waals surface area contributed by atoms with Crippen molar-refractivity contribution >= 4 is 11.0 Å². The topological polar surface area (TPSA) is 43.8 Å². The van der Waals surface area contributed by atoms with E-state index in [1.54, 1.807) is 0 Å². The lowest BCUT2D eigenvalue weighted by Crippen LogP contribution is -1.99. The zero-order chi connectivity index (χ0) is 14.8. The lowest BCUT2D eigenvalue weighted by atomic mass is 10.1. The van der Waals surface area contributed by atoms with Crippen molar-refractivity contribution in [2.75, 3.05) is 0 Å². The average molecular weight is 277 g/mol. The minimum absolute atomic E-state index is 0.558. The molecule has 0 bridgehead atoms. The number of fused-ring (bicyclic) bond motifs is 1. The molecule has 0 amide bonds. The van der Waals surface area contributed by atoms with E-state index in [1.165, 1.54) is 5.56 Å². The van der Waals surface area contributed by atoms with E-state index in [9.17, 15) is 0 Å². The van der Waals surface area contributed by atoms with Crippen LogP contribution in [0.3, 0.4) is 0 Å². The van der Waals surface area contributed by atoms with Gasteiger partial charge in [-0.3, -0.25) is 0 Å². The number of aryl methyl sites for hydroxylation is 1. The monoisotopic (exact) mass is 277 g/mol. The van der Waals surface area contributed by atoms with Crippen LogP contribution < -0.4 is 5.73 Å². The molecule has 0 fully saturated rings. The molecule has 0 aliphatic rings. The molecule has 2 aromatic carbocycles. The van der Waals surface area contributed by atoms with Crippen LogP contribution in [0.4, 0.5) is 0 Å². The van der Waals surface area contributed by atoms with Crippen molar-refractivity contribution in [1.29, 1.82) is 0 Å². The fourth-order valence-corrected chi connectivity index (χ4v) is 2.56. The van der Waals surface area contributed by atoms with Crippen LogP contribution in [-0.4, -0.2) is 9.55 Å². The number of hydrogen-bond donors (Lipinski definition) is 1. The molecule has 0 saturated heterocycles. The number of nitrogens with zero attached hydrogens (tertiary/aromatic N) is 2. The smallest absolute Gasteiger partial charge is 0.141 e. The first-order chi connectivity index (χ1) is 10.2. The van der Waals surface area contributed by atoms with Crippen molar-refractivity contribution in [3.63, 3.8) is 0 Å². The van der Waals surface area contributed by atoms with Gasteiger partial charge in [-0.2, -0.15) is 0 Å². The molecule has 3 nitrogen and oxygen atoms in total. The third-order valence-electron chi connectivity index (χ3n) is 3.66. The maximum absolute atomic E-state index is 5.66. The second kappa shape index (κ2) is 5.54. The molecule has 0 atom stereocenters. The van der Waals surface area contributed by atoms with E-state index in [0.717, 1.165) is 34.5 Å². The summed E-state index contributed by atoms with van der Waals surface area (Å²) in [5, 5.41) is 0. The Balaban J connectivity index is 2.19. The highest BCUT2D eigenvalue weighted by Gasteiger charge is 2.11. The average Bonchev–Trinajstić information content (AvgIpc) is 2.85. The van der Waals surface area contributed by atoms with E-state index >= 15 is 0 Å². The third-order valence-corrected chi connectivity index (χ3v) is 3.66. The van der Waals surface area contributed by atoms with Crippen LogP contribution in [0, 0.1) is 6.92 Å². The van der Waals surface area contributed by atoms with E-state index in [-0.39, 0.29) is 0 Å². The Morgan fingerprint density at radius 2 is 1.95 bits per heavy atom. The molecule has 0 aliphatic heterocycles. The SMILES string of the molecule is C=CCn1c(-c2ccc(CN)cc2)nc2cc(C)ccc21. The molecule has 0 saturated carbocycles. The van der Waals surface area contributed by atoms with E-state index in [2.05, 4.69) is 60.5 Å². The number of nitrogens with two attached hydrogens (primary N) is 1. The van der Waals surface area contributed by atoms with Gasteiger partial charge in [0.05, 0.1) is 11.0 Å². The molecule has 3 rings (SSSR count). The summed E-state index contributed by atoms with van der Waals surface area (Å²) in [7, 11) is 0. The van der Waals surface area contributed by atoms with Crippen molar-refractivity contribution in [1.82, 2.24) is 9.55 Å². The second-order valence-electron chi connectivity index (χ2n) is 5.23. The van der Waals surface area contributed by atoms with Crippen molar-refractivity contribution in [2.45, 2.75) is 20.0 Å². The number of rotatable bonds is 4. The molecule has 3 heteroatoms. The number of imidazole rings is 1. The van der Waals surface area contributed by atoms with Gasteiger partial charge in [-0.15, -0.1) is 6.58 Å². The molecule has 0 aliphatic carbocycles. The fourth-order valence-electron chi connectivity index (χ4n) is 2.56. The maximum atomic E-state index is 5.66. The molecule has 0 unspecified atom stereocenters. The van der Waals surface area contributed by atoms with Gasteiger partial charge in [-0.1, -0.05) is 36.4 Å². The highest BCUT2D eigenvalue weighted by Crippen LogP contribution is 2.26. The standard InChI is InChI=1S/C18H19N3/c1-3-10-21-17-9-4-13(2)11-16(17)20-18(21)15-7-5-14(12-19)6-8-15/h3-9,11H,1,10,12,19H2,2H3. The summed E-state index contributed by atoms with van der Waals surface area (Å²) in [5.74, 6) is 0.971. The molecule has 106 valence electrons. The minimum Gasteiger partial charge on any atom is -0.326 e. The zero-order valence-corrected chi connectivity index (χ0v) is 12.2. The van der Waals surface area contributed by atoms with Crippen LogP contribution in [0.5, 0.6) is 0 Å². The molecular formula is C18H19N3. The first-order valence-corrected chi connectivity index (χ1v) is 7.10. The number of aromatic nitrogens is 2. The quantitative estimate of drug-likeness (QED) is 0.740. The summed E-state index contributed by atoms with van der Waals surface area (Å²) in [6.07, 6.45) is 1.90. The van der Waals surface area contributed by atoms with Gasteiger partial charge < -0.3 is 10.3 Å². The van der Waals surface area contributed by atoms with Crippen LogP contribution in [0.25, 0.3) is 22.4 Å². The molecule has 1 heterocycles. The number of hydrogen-bond acceptors (Lipinski definition) is 2. The van der Waals surface area contributed by atoms with Crippen molar-refractivity contribution < 1.29 is 0 Å². The highest BCUT2D eigenvalue weighted by atomic mass is 15.1. The first kappa shape index (κ1) is 13.6. The molecule has 21 heavy (non-hydrogen) atoms. The summed E-state index contributed by atoms with van der Waals surface area (Å²) in [6.45, 7) is 7.24. The van der Waals surface area contributed by atoms with Crippen LogP contribution >= 0.6 is 0 Å². The maximum Gasteiger partial charge on any atom is 0.141 e. The Morgan fingerprint density at radius 3 is 2.62 bits per heavy atom. The summed E-state index contributed by atoms with van der Waals surface area (Å²) in [6, 6.07) is 14.6. The summed E-state index contributed by atoms with van der Waals surface area (Å²) < 4.78 is 2.19. The molecular weight excluding hydrogens is 258 g/mol. The first-order valence-electron chi connectivity index (χ1n) is 7.10. The van der Waals surface area contributed by atoms with Crippen molar-refractivity contribution in [3.05, 3.63) is 66.2 Å². The summed E-state index contributed by atoms with van der Waals surface area (Å²) >= 11 is 0. The Bertz CT molecular complexity index is 782. The molecule has 1 aromatic heterocycles. The lowest BCUT2D eigenvalue weighted by molar-refractivity contribution is 0.861. The predicted molar refractivity (Wildman–Crippen MR) is 88.0 cm³/mol. The van der Waals surface area contributed by atoms with Gasteiger partial charge in [0.15, 0.2) is 0 Å².